The third kappa shape index (κ3) is 3.50. The van der Waals surface area contributed by atoms with E-state index in [1.165, 1.54) is 12.1 Å². The van der Waals surface area contributed by atoms with Gasteiger partial charge in [-0.2, -0.15) is 0 Å². The van der Waals surface area contributed by atoms with Crippen LogP contribution in [0.2, 0.25) is 0 Å². The predicted molar refractivity (Wildman–Crippen MR) is 103 cm³/mol. The maximum atomic E-state index is 13.1. The first kappa shape index (κ1) is 16.8. The van der Waals surface area contributed by atoms with E-state index in [0.717, 1.165) is 48.5 Å². The van der Waals surface area contributed by atoms with E-state index in [2.05, 4.69) is 25.1 Å². The summed E-state index contributed by atoms with van der Waals surface area (Å²) < 4.78 is 15.1. The maximum Gasteiger partial charge on any atom is 0.194 e. The summed E-state index contributed by atoms with van der Waals surface area (Å²) in [5.41, 5.74) is 2.06. The van der Waals surface area contributed by atoms with Gasteiger partial charge < -0.3 is 15.1 Å². The minimum absolute atomic E-state index is 0.198. The van der Waals surface area contributed by atoms with Crippen molar-refractivity contribution in [1.82, 2.24) is 19.6 Å². The fourth-order valence-corrected chi connectivity index (χ4v) is 3.91. The summed E-state index contributed by atoms with van der Waals surface area (Å²) in [5.74, 6) is 0.691. The number of fused-ring (bicyclic) bond motifs is 1. The zero-order valence-electron chi connectivity index (χ0n) is 14.6. The molecule has 0 aliphatic carbocycles. The highest BCUT2D eigenvalue weighted by atomic mass is 32.1. The van der Waals surface area contributed by atoms with E-state index in [0.29, 0.717) is 6.54 Å². The largest absolute Gasteiger partial charge is 0.368 e. The van der Waals surface area contributed by atoms with E-state index in [1.54, 1.807) is 18.4 Å². The number of aromatic nitrogens is 2. The second kappa shape index (κ2) is 7.33. The van der Waals surface area contributed by atoms with Crippen molar-refractivity contribution in [1.29, 1.82) is 0 Å². The minimum atomic E-state index is -0.198. The predicted octanol–water partition coefficient (Wildman–Crippen LogP) is 2.43. The number of hydrogen-bond acceptors (Lipinski definition) is 4. The van der Waals surface area contributed by atoms with Crippen LogP contribution in [-0.4, -0.2) is 53.5 Å². The Morgan fingerprint density at radius 2 is 2.00 bits per heavy atom. The van der Waals surface area contributed by atoms with Crippen molar-refractivity contribution in [3.8, 4) is 0 Å². The van der Waals surface area contributed by atoms with Gasteiger partial charge in [-0.25, -0.2) is 9.37 Å². The molecule has 1 fully saturated rings. The molecule has 0 unspecified atom stereocenters. The van der Waals surface area contributed by atoms with Crippen molar-refractivity contribution in [2.45, 2.75) is 6.54 Å². The Hall–Kier alpha value is -2.61. The lowest BCUT2D eigenvalue weighted by Gasteiger charge is -2.37. The summed E-state index contributed by atoms with van der Waals surface area (Å²) >= 11 is 1.63. The van der Waals surface area contributed by atoms with Gasteiger partial charge >= 0.3 is 0 Å². The minimum Gasteiger partial charge on any atom is -0.368 e. The van der Waals surface area contributed by atoms with Crippen molar-refractivity contribution < 1.29 is 4.39 Å². The van der Waals surface area contributed by atoms with Gasteiger partial charge in [-0.15, -0.1) is 11.3 Å². The average Bonchev–Trinajstić information content (AvgIpc) is 3.25. The van der Waals surface area contributed by atoms with Crippen molar-refractivity contribution >= 4 is 27.9 Å². The number of anilines is 1. The quantitative estimate of drug-likeness (QED) is 0.567. The molecule has 6 nitrogen and oxygen atoms in total. The summed E-state index contributed by atoms with van der Waals surface area (Å²) in [6.45, 7) is 4.16. The van der Waals surface area contributed by atoms with Crippen LogP contribution < -0.4 is 10.2 Å². The summed E-state index contributed by atoms with van der Waals surface area (Å²) in [7, 11) is 1.81. The molecule has 3 heterocycles. The zero-order chi connectivity index (χ0) is 17.9. The van der Waals surface area contributed by atoms with Gasteiger partial charge in [-0.1, -0.05) is 0 Å². The molecule has 4 rings (SSSR count). The summed E-state index contributed by atoms with van der Waals surface area (Å²) in [5, 5.41) is 5.43. The molecule has 0 saturated carbocycles. The van der Waals surface area contributed by atoms with Crippen molar-refractivity contribution in [3.63, 3.8) is 0 Å². The topological polar surface area (TPSA) is 48.2 Å². The molecule has 3 aromatic rings. The molecule has 26 heavy (non-hydrogen) atoms. The van der Waals surface area contributed by atoms with Gasteiger partial charge in [0.25, 0.3) is 0 Å². The standard InChI is InChI=1S/C18H21FN6S/c1-20-17(21-12-15-13-25-10-11-26-18(25)22-15)24-8-6-23(7-9-24)16-4-2-14(19)3-5-16/h2-5,10-11,13H,6-9,12H2,1H3,(H,20,21). The van der Waals surface area contributed by atoms with Crippen LogP contribution in [0, 0.1) is 5.82 Å². The molecule has 0 atom stereocenters. The van der Waals surface area contributed by atoms with Gasteiger partial charge in [0, 0.05) is 56.7 Å². The van der Waals surface area contributed by atoms with Crippen LogP contribution >= 0.6 is 11.3 Å². The highest BCUT2D eigenvalue weighted by Gasteiger charge is 2.20. The number of thiazole rings is 1. The third-order valence-corrected chi connectivity index (χ3v) is 5.32. The molecule has 1 N–H and O–H groups in total. The summed E-state index contributed by atoms with van der Waals surface area (Å²) in [4.78, 5) is 14.5. The van der Waals surface area contributed by atoms with Crippen molar-refractivity contribution in [3.05, 3.63) is 53.6 Å². The van der Waals surface area contributed by atoms with Crippen LogP contribution in [0.4, 0.5) is 10.1 Å². The van der Waals surface area contributed by atoms with Crippen LogP contribution in [0.1, 0.15) is 5.69 Å². The molecule has 1 aliphatic rings. The molecule has 0 radical (unpaired) electrons. The Morgan fingerprint density at radius 1 is 1.23 bits per heavy atom. The molecule has 1 saturated heterocycles. The number of rotatable bonds is 3. The van der Waals surface area contributed by atoms with E-state index in [-0.39, 0.29) is 5.82 Å². The van der Waals surface area contributed by atoms with Crippen LogP contribution in [0.3, 0.4) is 0 Å². The summed E-state index contributed by atoms with van der Waals surface area (Å²) in [6, 6.07) is 6.70. The first-order chi connectivity index (χ1) is 12.7. The number of benzene rings is 1. The van der Waals surface area contributed by atoms with E-state index < -0.39 is 0 Å². The molecule has 0 amide bonds. The van der Waals surface area contributed by atoms with Gasteiger partial charge in [0.15, 0.2) is 10.9 Å². The Balaban J connectivity index is 1.33. The number of nitrogens with zero attached hydrogens (tertiary/aromatic N) is 5. The number of imidazole rings is 1. The van der Waals surface area contributed by atoms with E-state index >= 15 is 0 Å². The summed E-state index contributed by atoms with van der Waals surface area (Å²) in [6.07, 6.45) is 4.05. The normalized spacial score (nSPS) is 15.7. The van der Waals surface area contributed by atoms with Crippen LogP contribution in [0.15, 0.2) is 47.0 Å². The second-order valence-corrected chi connectivity index (χ2v) is 7.05. The van der Waals surface area contributed by atoms with Gasteiger partial charge in [-0.3, -0.25) is 9.39 Å². The Labute approximate surface area is 155 Å². The fraction of sp³-hybridized carbons (Fsp3) is 0.333. The highest BCUT2D eigenvalue weighted by Crippen LogP contribution is 2.17. The van der Waals surface area contributed by atoms with E-state index in [4.69, 9.17) is 0 Å². The lowest BCUT2D eigenvalue weighted by atomic mass is 10.2. The first-order valence-corrected chi connectivity index (χ1v) is 9.48. The molecular formula is C18H21FN6S. The fourth-order valence-electron chi connectivity index (χ4n) is 3.19. The number of halogens is 1. The van der Waals surface area contributed by atoms with Crippen molar-refractivity contribution in [2.24, 2.45) is 4.99 Å². The van der Waals surface area contributed by atoms with Gasteiger partial charge in [0.2, 0.25) is 0 Å². The zero-order valence-corrected chi connectivity index (χ0v) is 15.4. The van der Waals surface area contributed by atoms with Gasteiger partial charge in [0.1, 0.15) is 5.82 Å². The molecule has 0 spiro atoms. The van der Waals surface area contributed by atoms with Crippen LogP contribution in [-0.2, 0) is 6.54 Å². The number of aliphatic imine (C=N–C) groups is 1. The Morgan fingerprint density at radius 3 is 2.69 bits per heavy atom. The maximum absolute atomic E-state index is 13.1. The van der Waals surface area contributed by atoms with Gasteiger partial charge in [-0.05, 0) is 24.3 Å². The Bertz CT molecular complexity index is 863. The number of nitrogens with one attached hydrogen (secondary N) is 1. The second-order valence-electron chi connectivity index (χ2n) is 6.18. The smallest absolute Gasteiger partial charge is 0.194 e. The number of hydrogen-bond donors (Lipinski definition) is 1. The molecule has 1 aliphatic heterocycles. The lowest BCUT2D eigenvalue weighted by molar-refractivity contribution is 0.372. The molecule has 8 heteroatoms. The number of guanidine groups is 1. The monoisotopic (exact) mass is 372 g/mol. The molecular weight excluding hydrogens is 351 g/mol. The molecule has 1 aromatic carbocycles. The van der Waals surface area contributed by atoms with Crippen molar-refractivity contribution in [2.75, 3.05) is 38.1 Å². The average molecular weight is 372 g/mol. The Kier molecular flexibility index (Phi) is 4.75. The van der Waals surface area contributed by atoms with E-state index in [9.17, 15) is 4.39 Å². The number of piperazine rings is 1. The SMILES string of the molecule is CN=C(NCc1cn2ccsc2n1)N1CCN(c2ccc(F)cc2)CC1. The molecule has 2 aromatic heterocycles. The van der Waals surface area contributed by atoms with Crippen LogP contribution in [0.5, 0.6) is 0 Å². The first-order valence-electron chi connectivity index (χ1n) is 8.60. The van der Waals surface area contributed by atoms with E-state index in [1.807, 2.05) is 34.3 Å². The lowest BCUT2D eigenvalue weighted by Crippen LogP contribution is -2.52. The van der Waals surface area contributed by atoms with Crippen LogP contribution in [0.25, 0.3) is 4.96 Å². The molecule has 0 bridgehead atoms. The third-order valence-electron chi connectivity index (χ3n) is 4.55. The molecule has 136 valence electrons. The highest BCUT2D eigenvalue weighted by molar-refractivity contribution is 7.15. The van der Waals surface area contributed by atoms with Gasteiger partial charge in [0.05, 0.1) is 12.2 Å².